The number of aliphatic hydroxyl groups excluding tert-OH is 3. The Labute approximate surface area is 742 Å². The van der Waals surface area contributed by atoms with Crippen molar-refractivity contribution in [2.75, 3.05) is 109 Å². The summed E-state index contributed by atoms with van der Waals surface area (Å²) in [7, 11) is 10.0. The molecular formula is C85H97BN12O24S4. The Morgan fingerprint density at radius 2 is 0.841 bits per heavy atom. The summed E-state index contributed by atoms with van der Waals surface area (Å²) >= 11 is 0. The molecule has 8 aliphatic heterocycles. The number of aliphatic imine (C=N–C) groups is 1. The van der Waals surface area contributed by atoms with E-state index in [0.717, 1.165) is 38.5 Å². The van der Waals surface area contributed by atoms with Gasteiger partial charge in [-0.05, 0) is 143 Å². The number of carbonyl (C=O) groups is 6. The van der Waals surface area contributed by atoms with E-state index < -0.39 is 77.7 Å². The van der Waals surface area contributed by atoms with Crippen LogP contribution in [-0.2, 0) is 9.47 Å². The zero-order valence-corrected chi connectivity index (χ0v) is 73.6. The molecule has 2 aromatic heterocycles. The number of rotatable bonds is 33. The molecule has 0 spiro atoms. The van der Waals surface area contributed by atoms with Gasteiger partial charge in [-0.3, -0.25) is 44.4 Å². The van der Waals surface area contributed by atoms with E-state index in [9.17, 15) is 69.3 Å². The predicted molar refractivity (Wildman–Crippen MR) is 474 cm³/mol. The van der Waals surface area contributed by atoms with Gasteiger partial charge in [-0.2, -0.15) is 0 Å². The van der Waals surface area contributed by atoms with E-state index in [1.54, 1.807) is 40.3 Å². The summed E-state index contributed by atoms with van der Waals surface area (Å²) in [5.41, 5.74) is 5.03. The summed E-state index contributed by atoms with van der Waals surface area (Å²) in [4.78, 5) is 126. The van der Waals surface area contributed by atoms with Crippen LogP contribution in [0.15, 0.2) is 149 Å². The van der Waals surface area contributed by atoms with Gasteiger partial charge in [0.2, 0.25) is 0 Å². The first-order valence-electron chi connectivity index (χ1n) is 40.6. The number of nitrogens with zero attached hydrogens (tertiary/aromatic N) is 12. The van der Waals surface area contributed by atoms with Crippen LogP contribution in [0.3, 0.4) is 0 Å². The van der Waals surface area contributed by atoms with Gasteiger partial charge >= 0.3 is 19.2 Å². The maximum absolute atomic E-state index is 14.0. The van der Waals surface area contributed by atoms with Gasteiger partial charge in [0.15, 0.2) is 58.5 Å². The molecule has 41 heteroatoms. The number of methoxy groups -OCH3 is 4. The number of aromatic nitrogens is 2. The molecule has 8 aliphatic rings. The molecule has 0 aliphatic carbocycles. The SMILES string of the molecule is C=C1C[C@H]2C=Nc3cc(OCCCCCOc4cc5c(cc4OC)C(=O)N4CC(=C)C[C@H]4[C@H](O)N5C(=O)OC[C@H](C)SSc4ccc([N+](=O)[O-])cn4)c(OC)cc3C(=O)N2C1.C=C1C[C@H]2[C@H](O)N(B(C)O)c3cc(OCCCCCOc4cc5c(cc4OC)C(=O)N4CC(=C)C[C@H]4[C@H](O)N5C(=O)OC[C@H](C)SSc4ccc([N+](=O)[O-])cn4)c(OC)cc3C(=O)N2C1. The molecule has 10 heterocycles. The normalized spacial score (nSPS) is 20.2. The van der Waals surface area contributed by atoms with E-state index in [2.05, 4.69) is 41.3 Å². The van der Waals surface area contributed by atoms with Gasteiger partial charge < -0.3 is 92.1 Å². The topological polar surface area (TPSA) is 423 Å². The minimum Gasteiger partial charge on any atom is -0.493 e. The number of nitro groups is 2. The third-order valence-electron chi connectivity index (χ3n) is 22.0. The minimum atomic E-state index is -1.48. The van der Waals surface area contributed by atoms with E-state index in [0.29, 0.717) is 121 Å². The van der Waals surface area contributed by atoms with Gasteiger partial charge in [-0.1, -0.05) is 70.2 Å². The van der Waals surface area contributed by atoms with Crippen LogP contribution < -0.4 is 52.5 Å². The van der Waals surface area contributed by atoms with Gasteiger partial charge in [0.05, 0.1) is 128 Å². The lowest BCUT2D eigenvalue weighted by Gasteiger charge is -2.34. The second-order valence-electron chi connectivity index (χ2n) is 31.1. The Hall–Kier alpha value is -11.5. The first-order valence-corrected chi connectivity index (χ1v) is 45.0. The summed E-state index contributed by atoms with van der Waals surface area (Å²) in [5, 5.41) is 68.1. The molecule has 4 aromatic carbocycles. The van der Waals surface area contributed by atoms with E-state index in [1.807, 2.05) is 13.8 Å². The average molecular weight is 1810 g/mol. The molecule has 0 unspecified atom stereocenters. The van der Waals surface area contributed by atoms with Gasteiger partial charge in [0, 0.05) is 85.0 Å². The van der Waals surface area contributed by atoms with Gasteiger partial charge in [-0.15, -0.1) is 0 Å². The lowest BCUT2D eigenvalue weighted by atomic mass is 9.82. The summed E-state index contributed by atoms with van der Waals surface area (Å²) in [6.07, 6.45) is 3.78. The lowest BCUT2D eigenvalue weighted by Crippen LogP contribution is -2.53. The number of amides is 6. The van der Waals surface area contributed by atoms with Crippen molar-refractivity contribution in [1.82, 2.24) is 29.6 Å². The molecule has 4 fully saturated rings. The maximum atomic E-state index is 14.0. The monoisotopic (exact) mass is 1810 g/mol. The zero-order valence-electron chi connectivity index (χ0n) is 70.4. The lowest BCUT2D eigenvalue weighted by molar-refractivity contribution is -0.385. The molecule has 14 rings (SSSR count). The van der Waals surface area contributed by atoms with Gasteiger partial charge in [0.1, 0.15) is 41.9 Å². The van der Waals surface area contributed by atoms with E-state index in [4.69, 9.17) is 47.4 Å². The smallest absolute Gasteiger partial charge is 0.416 e. The molecule has 6 aromatic rings. The average Bonchev–Trinajstić information content (AvgIpc) is 1.61. The van der Waals surface area contributed by atoms with Crippen LogP contribution >= 0.6 is 43.2 Å². The first-order chi connectivity index (χ1) is 60.5. The predicted octanol–water partition coefficient (Wildman–Crippen LogP) is 12.5. The highest BCUT2D eigenvalue weighted by molar-refractivity contribution is 8.77. The van der Waals surface area contributed by atoms with Gasteiger partial charge in [-0.25, -0.2) is 29.4 Å². The molecule has 0 radical (unpaired) electrons. The Balaban J connectivity index is 0.000000216. The third-order valence-corrected chi connectivity index (χ3v) is 27.6. The van der Waals surface area contributed by atoms with Crippen LogP contribution in [0.25, 0.3) is 0 Å². The highest BCUT2D eigenvalue weighted by Crippen LogP contribution is 2.48. The van der Waals surface area contributed by atoms with Crippen LogP contribution in [0.1, 0.15) is 119 Å². The van der Waals surface area contributed by atoms with Gasteiger partial charge in [0.25, 0.3) is 35.0 Å². The zero-order chi connectivity index (χ0) is 90.1. The van der Waals surface area contributed by atoms with E-state index >= 15 is 0 Å². The van der Waals surface area contributed by atoms with Crippen molar-refractivity contribution in [1.29, 1.82) is 0 Å². The number of anilines is 3. The second kappa shape index (κ2) is 40.9. The molecule has 6 amide bonds. The van der Waals surface area contributed by atoms with Crippen molar-refractivity contribution in [2.24, 2.45) is 4.99 Å². The number of hydrogen-bond donors (Lipinski definition) is 4. The quantitative estimate of drug-likeness (QED) is 0.00742. The number of carbonyl (C=O) groups excluding carboxylic acids is 6. The third kappa shape index (κ3) is 20.5. The van der Waals surface area contributed by atoms with Crippen LogP contribution in [0.4, 0.5) is 43.7 Å². The van der Waals surface area contributed by atoms with Crippen LogP contribution in [0.5, 0.6) is 46.0 Å². The van der Waals surface area contributed by atoms with Crippen LogP contribution in [0.2, 0.25) is 6.82 Å². The standard InChI is InChI=1S/C43H51BN6O13S2.C42H46N6O11S2/c1-24-14-32-41(53)48(43(55)63-23-26(3)64-65-38-11-10-27(20-45-38)50(57)58)30-18-36(34(59-5)16-28(30)39(51)46(32)21-24)61-12-8-7-9-13-62-37-19-31-29(17-35(37)60-6)40(52)47-22-25(2)15-33(47)42(54)49(31)44(4)56;1-24-13-28-20-43-31-17-36(34(55-4)15-29(31)39(49)45(28)21-24)57-11-7-6-8-12-58-37-18-32-30(16-35(37)56-5)40(50)46-22-25(2)14-33(46)41(51)47(32)42(52)59-23-26(3)60-61-38-10-9-27(19-44-38)48(53)54/h10-11,16-20,26,32-33,41-42,53-54,56H,1-2,7-9,12-15,21-23H2,3-6H3;9-10,15-20,26,28,33,41,51H,1-2,6-8,11-14,21-23H2,3-5H3/t26-,32-,33-,41-,42-;26-,28-,33-,41-/m00/s1. The molecular weight excluding hydrogens is 1710 g/mol. The van der Waals surface area contributed by atoms with Crippen molar-refractivity contribution in [2.45, 2.75) is 148 Å². The van der Waals surface area contributed by atoms with Crippen molar-refractivity contribution < 1.29 is 106 Å². The first kappa shape index (κ1) is 92.2. The molecule has 36 nitrogen and oxygen atoms in total. The Bertz CT molecular complexity index is 5230. The highest BCUT2D eigenvalue weighted by Gasteiger charge is 2.50. The fourth-order valence-electron chi connectivity index (χ4n) is 15.8. The molecule has 126 heavy (non-hydrogen) atoms. The number of ether oxygens (including phenoxy) is 10. The molecule has 9 atom stereocenters. The number of hydrogen-bond acceptors (Lipinski definition) is 32. The molecule has 0 bridgehead atoms. The fourth-order valence-corrected chi connectivity index (χ4v) is 19.5. The Kier molecular flexibility index (Phi) is 29.9. The number of benzene rings is 4. The van der Waals surface area contributed by atoms with Crippen molar-refractivity contribution in [3.63, 3.8) is 0 Å². The van der Waals surface area contributed by atoms with Crippen molar-refractivity contribution >= 4 is 126 Å². The molecule has 4 N–H and O–H groups in total. The summed E-state index contributed by atoms with van der Waals surface area (Å²) in [5.74, 6) is 1.38. The van der Waals surface area contributed by atoms with E-state index in [1.165, 1.54) is 154 Å². The Morgan fingerprint density at radius 3 is 1.21 bits per heavy atom. The maximum Gasteiger partial charge on any atom is 0.416 e. The highest BCUT2D eigenvalue weighted by atomic mass is 33.1. The number of pyridine rings is 2. The molecule has 4 saturated heterocycles. The van der Waals surface area contributed by atoms with Crippen LogP contribution in [0, 0.1) is 20.2 Å². The van der Waals surface area contributed by atoms with Crippen molar-refractivity contribution in [3.8, 4) is 46.0 Å². The summed E-state index contributed by atoms with van der Waals surface area (Å²) < 4.78 is 58.5. The fraction of sp³-hybridized carbons (Fsp3) is 0.424. The number of unbranched alkanes of at least 4 members (excludes halogenated alkanes) is 4. The number of aliphatic hydroxyl groups is 3. The van der Waals surface area contributed by atoms with Crippen molar-refractivity contribution in [3.05, 3.63) is 176 Å². The van der Waals surface area contributed by atoms with E-state index in [-0.39, 0.29) is 143 Å². The largest absolute Gasteiger partial charge is 0.493 e. The molecule has 668 valence electrons. The summed E-state index contributed by atoms with van der Waals surface area (Å²) in [6.45, 7) is 23.5. The Morgan fingerprint density at radius 1 is 0.492 bits per heavy atom. The van der Waals surface area contributed by atoms with Crippen LogP contribution in [-0.4, -0.2) is 256 Å². The summed E-state index contributed by atoms with van der Waals surface area (Å²) in [6, 6.07) is 16.1. The molecule has 0 saturated carbocycles. The number of fused-ring (bicyclic) bond motifs is 8. The second-order valence-corrected chi connectivity index (χ2v) is 36.4. The minimum absolute atomic E-state index is 0.0525.